The SMILES string of the molecule is O=C(CC(NC(=O)C(F)(F)F)C(=O)O)OC(=O)C(CC(=O)c1ccccc1)NC(=O)C(F)(F)F. The predicted octanol–water partition coefficient (Wildman–Crippen LogP) is 0.898. The molecule has 0 saturated heterocycles. The van der Waals surface area contributed by atoms with Gasteiger partial charge in [0.1, 0.15) is 12.1 Å². The number of amides is 2. The molecule has 0 aliphatic heterocycles. The number of ether oxygens (including phenoxy) is 1. The Kier molecular flexibility index (Phi) is 9.28. The second kappa shape index (κ2) is 11.2. The third kappa shape index (κ3) is 8.87. The third-order valence-corrected chi connectivity index (χ3v) is 3.78. The highest BCUT2D eigenvalue weighted by molar-refractivity contribution is 6.01. The summed E-state index contributed by atoms with van der Waals surface area (Å²) in [7, 11) is 0. The van der Waals surface area contributed by atoms with E-state index in [-0.39, 0.29) is 5.56 Å². The first kappa shape index (κ1) is 28.1. The molecule has 1 rings (SSSR count). The van der Waals surface area contributed by atoms with Crippen LogP contribution in [0.2, 0.25) is 0 Å². The van der Waals surface area contributed by atoms with E-state index < -0.39 is 72.8 Å². The molecule has 0 saturated carbocycles. The van der Waals surface area contributed by atoms with Crippen LogP contribution in [0.25, 0.3) is 0 Å². The van der Waals surface area contributed by atoms with Gasteiger partial charge in [0.2, 0.25) is 0 Å². The number of benzene rings is 1. The molecule has 0 aliphatic carbocycles. The summed E-state index contributed by atoms with van der Waals surface area (Å²) >= 11 is 0. The molecule has 0 heterocycles. The minimum absolute atomic E-state index is 0.0892. The highest BCUT2D eigenvalue weighted by atomic mass is 19.4. The van der Waals surface area contributed by atoms with E-state index in [9.17, 15) is 55.1 Å². The minimum atomic E-state index is -5.52. The molecule has 1 aromatic carbocycles. The van der Waals surface area contributed by atoms with Crippen molar-refractivity contribution < 1.29 is 65.0 Å². The number of nitrogens with one attached hydrogen (secondary N) is 2. The lowest BCUT2D eigenvalue weighted by molar-refractivity contribution is -0.177. The van der Waals surface area contributed by atoms with E-state index >= 15 is 0 Å². The average Bonchev–Trinajstić information content (AvgIpc) is 2.71. The highest BCUT2D eigenvalue weighted by Crippen LogP contribution is 2.17. The number of esters is 2. The number of carboxylic acid groups (broad SMARTS) is 1. The zero-order valence-electron chi connectivity index (χ0n) is 16.5. The number of ketones is 1. The minimum Gasteiger partial charge on any atom is -0.480 e. The molecule has 0 aromatic heterocycles. The molecular weight excluding hydrogens is 486 g/mol. The van der Waals surface area contributed by atoms with E-state index in [1.165, 1.54) is 30.3 Å². The topological polar surface area (TPSA) is 156 Å². The van der Waals surface area contributed by atoms with Crippen molar-refractivity contribution in [3.05, 3.63) is 35.9 Å². The van der Waals surface area contributed by atoms with Gasteiger partial charge in [-0.05, 0) is 0 Å². The first-order chi connectivity index (χ1) is 15.5. The van der Waals surface area contributed by atoms with Crippen LogP contribution in [0.15, 0.2) is 30.3 Å². The van der Waals surface area contributed by atoms with Crippen molar-refractivity contribution in [3.8, 4) is 0 Å². The Balaban J connectivity index is 2.97. The molecule has 3 N–H and O–H groups in total. The van der Waals surface area contributed by atoms with Crippen LogP contribution in [0.5, 0.6) is 0 Å². The molecular formula is C18H14F6N2O8. The second-order valence-corrected chi connectivity index (χ2v) is 6.38. The van der Waals surface area contributed by atoms with Crippen LogP contribution in [-0.4, -0.2) is 65.0 Å². The number of halogens is 6. The molecule has 0 radical (unpaired) electrons. The number of alkyl halides is 6. The lowest BCUT2D eigenvalue weighted by atomic mass is 10.0. The molecule has 34 heavy (non-hydrogen) atoms. The van der Waals surface area contributed by atoms with Gasteiger partial charge in [0.25, 0.3) is 0 Å². The summed E-state index contributed by atoms with van der Waals surface area (Å²) in [6.07, 6.45) is -13.7. The zero-order chi connectivity index (χ0) is 26.3. The Labute approximate surface area is 185 Å². The van der Waals surface area contributed by atoms with Crippen molar-refractivity contribution in [1.82, 2.24) is 10.6 Å². The summed E-state index contributed by atoms with van der Waals surface area (Å²) in [5, 5.41) is 10.9. The zero-order valence-corrected chi connectivity index (χ0v) is 16.5. The molecule has 1 aromatic rings. The van der Waals surface area contributed by atoms with Gasteiger partial charge in [0, 0.05) is 12.0 Å². The van der Waals surface area contributed by atoms with Gasteiger partial charge in [-0.2, -0.15) is 26.3 Å². The van der Waals surface area contributed by atoms with Crippen LogP contribution >= 0.6 is 0 Å². The van der Waals surface area contributed by atoms with Crippen LogP contribution in [-0.2, 0) is 28.7 Å². The Morgan fingerprint density at radius 2 is 1.26 bits per heavy atom. The Morgan fingerprint density at radius 1 is 0.794 bits per heavy atom. The molecule has 2 amide bonds. The molecule has 16 heteroatoms. The van der Waals surface area contributed by atoms with Gasteiger partial charge in [-0.25, -0.2) is 9.59 Å². The maximum Gasteiger partial charge on any atom is 0.471 e. The van der Waals surface area contributed by atoms with E-state index in [4.69, 9.17) is 5.11 Å². The number of carbonyl (C=O) groups excluding carboxylic acids is 5. The smallest absolute Gasteiger partial charge is 0.471 e. The van der Waals surface area contributed by atoms with Gasteiger partial charge < -0.3 is 20.5 Å². The van der Waals surface area contributed by atoms with Crippen molar-refractivity contribution in [2.45, 2.75) is 37.3 Å². The first-order valence-corrected chi connectivity index (χ1v) is 8.83. The van der Waals surface area contributed by atoms with Gasteiger partial charge in [-0.15, -0.1) is 0 Å². The highest BCUT2D eigenvalue weighted by Gasteiger charge is 2.43. The molecule has 2 unspecified atom stereocenters. The Bertz CT molecular complexity index is 961. The summed E-state index contributed by atoms with van der Waals surface area (Å²) in [4.78, 5) is 69.1. The first-order valence-electron chi connectivity index (χ1n) is 8.83. The van der Waals surface area contributed by atoms with E-state index in [1.54, 1.807) is 0 Å². The summed E-state index contributed by atoms with van der Waals surface area (Å²) < 4.78 is 78.6. The van der Waals surface area contributed by atoms with Crippen molar-refractivity contribution >= 4 is 35.5 Å². The predicted molar refractivity (Wildman–Crippen MR) is 94.7 cm³/mol. The standard InChI is InChI=1S/C18H14F6N2O8/c19-17(20,21)15(32)25-9(13(29)30)7-12(28)34-14(31)10(26-16(33)18(22,23)24)6-11(27)8-4-2-1-3-5-8/h1-5,9-10H,6-7H2,(H,25,32)(H,26,33)(H,29,30). The molecule has 0 fully saturated rings. The van der Waals surface area contributed by atoms with Crippen LogP contribution in [0.4, 0.5) is 26.3 Å². The van der Waals surface area contributed by atoms with Gasteiger partial charge in [-0.3, -0.25) is 19.2 Å². The van der Waals surface area contributed by atoms with E-state index in [0.717, 1.165) is 10.6 Å². The van der Waals surface area contributed by atoms with Crippen LogP contribution < -0.4 is 10.6 Å². The van der Waals surface area contributed by atoms with Crippen molar-refractivity contribution in [1.29, 1.82) is 0 Å². The van der Waals surface area contributed by atoms with Gasteiger partial charge >= 0.3 is 42.1 Å². The Morgan fingerprint density at radius 3 is 1.71 bits per heavy atom. The number of hydrogen-bond acceptors (Lipinski definition) is 7. The monoisotopic (exact) mass is 500 g/mol. The number of aliphatic carboxylic acids is 1. The summed E-state index contributed by atoms with van der Waals surface area (Å²) in [5.41, 5.74) is -0.0892. The van der Waals surface area contributed by atoms with E-state index in [1.807, 2.05) is 0 Å². The van der Waals surface area contributed by atoms with Gasteiger partial charge in [0.15, 0.2) is 5.78 Å². The lowest BCUT2D eigenvalue weighted by Gasteiger charge is -2.18. The number of carboxylic acids is 1. The van der Waals surface area contributed by atoms with Gasteiger partial charge in [-0.1, -0.05) is 30.3 Å². The molecule has 186 valence electrons. The summed E-state index contributed by atoms with van der Waals surface area (Å²) in [6.45, 7) is 0. The molecule has 0 aliphatic rings. The lowest BCUT2D eigenvalue weighted by Crippen LogP contribution is -2.50. The third-order valence-electron chi connectivity index (χ3n) is 3.78. The van der Waals surface area contributed by atoms with Gasteiger partial charge in [0.05, 0.1) is 6.42 Å². The summed E-state index contributed by atoms with van der Waals surface area (Å²) in [5.74, 6) is -12.3. The fraction of sp³-hybridized carbons (Fsp3) is 0.333. The molecule has 2 atom stereocenters. The Hall–Kier alpha value is -3.98. The van der Waals surface area contributed by atoms with Crippen molar-refractivity contribution in [3.63, 3.8) is 0 Å². The number of carbonyl (C=O) groups is 6. The van der Waals surface area contributed by atoms with Crippen LogP contribution in [0.3, 0.4) is 0 Å². The quantitative estimate of drug-likeness (QED) is 0.196. The molecule has 0 bridgehead atoms. The second-order valence-electron chi connectivity index (χ2n) is 6.38. The number of hydrogen-bond donors (Lipinski definition) is 3. The fourth-order valence-corrected chi connectivity index (χ4v) is 2.19. The van der Waals surface area contributed by atoms with Crippen LogP contribution in [0, 0.1) is 0 Å². The normalized spacial score (nSPS) is 13.2. The van der Waals surface area contributed by atoms with E-state index in [2.05, 4.69) is 4.74 Å². The van der Waals surface area contributed by atoms with Crippen molar-refractivity contribution in [2.75, 3.05) is 0 Å². The van der Waals surface area contributed by atoms with E-state index in [0.29, 0.717) is 0 Å². The molecule has 0 spiro atoms. The van der Waals surface area contributed by atoms with Crippen molar-refractivity contribution in [2.24, 2.45) is 0 Å². The maximum absolute atomic E-state index is 12.6. The largest absolute Gasteiger partial charge is 0.480 e. The summed E-state index contributed by atoms with van der Waals surface area (Å²) in [6, 6.07) is 1.79. The van der Waals surface area contributed by atoms with Crippen LogP contribution in [0.1, 0.15) is 23.2 Å². The fourth-order valence-electron chi connectivity index (χ4n) is 2.19. The molecule has 10 nitrogen and oxygen atoms in total. The number of Topliss-reactive ketones (excluding diaryl/α,β-unsaturated/α-hetero) is 1. The number of rotatable bonds is 9. The maximum atomic E-state index is 12.6. The average molecular weight is 500 g/mol.